The van der Waals surface area contributed by atoms with Crippen LogP contribution >= 0.6 is 0 Å². The van der Waals surface area contributed by atoms with E-state index in [1.807, 2.05) is 122 Å². The van der Waals surface area contributed by atoms with Gasteiger partial charge in [0, 0.05) is 129 Å². The Morgan fingerprint density at radius 1 is 0.197 bits per heavy atom. The molecule has 8 bridgehead atoms. The molecular formula is C134H88CuN12-2. The van der Waals surface area contributed by atoms with E-state index in [2.05, 4.69) is 410 Å². The van der Waals surface area contributed by atoms with E-state index in [-0.39, 0.29) is 17.1 Å². The van der Waals surface area contributed by atoms with Crippen LogP contribution in [0.15, 0.2) is 498 Å². The van der Waals surface area contributed by atoms with Crippen molar-refractivity contribution < 1.29 is 17.1 Å². The Balaban J connectivity index is 0.000000134. The standard InChI is InChI=1S/C78H56N2.C32H16N8.C24H16N2.Cu/c1-53-25-21-33-59(49-53)79(61-35-23-31-57(51-61)77(55-27-5-3-6-28-55)71-45-17-13-37-63(71)64-38-14-18-46-72(64)77)75-67-41-9-11-43-69(67)76(70-44-12-10-42-68(70)75)80(60-34-22-26-54(2)50-60)62-36-24-32-58(52-62)78(56-29-7-4-8-30-56)73-47-19-15-39-65(73)66-40-16-20-48-74(66)78;1-2-10-18-17(9-1)25-33-26(18)38-28-21-13-5-6-14-22(21)30(35-28)40-32-24-16-8-7-15-23(24)31(36-32)39-29-20-12-4-3-11-19(20)27(34-29)37-25;1-3-7-17(8-4-1)19-13-15-25-23-21(19)11-12-22-20(14-16-26-24(22)23)18-9-5-2-6-10-18;/h3-52H,1-2H3;1-16H;1-16H;/q;-2;;. The fourth-order valence-electron chi connectivity index (χ4n) is 23.1. The minimum Gasteiger partial charge on any atom is -0.357 e. The Kier molecular flexibility index (Phi) is 22.0. The molecule has 5 aromatic heterocycles. The van der Waals surface area contributed by atoms with Crippen molar-refractivity contribution in [2.24, 2.45) is 0 Å². The maximum absolute atomic E-state index is 4.95. The Morgan fingerprint density at radius 3 is 0.755 bits per heavy atom. The van der Waals surface area contributed by atoms with Gasteiger partial charge in [-0.3, -0.25) is 9.97 Å². The molecule has 2 aliphatic heterocycles. The molecule has 2 aliphatic carbocycles. The minimum absolute atomic E-state index is 0. The van der Waals surface area contributed by atoms with Crippen molar-refractivity contribution in [1.29, 1.82) is 0 Å². The van der Waals surface area contributed by atoms with E-state index in [1.54, 1.807) is 0 Å². The number of rotatable bonds is 12. The molecule has 0 atom stereocenters. The van der Waals surface area contributed by atoms with Gasteiger partial charge >= 0.3 is 0 Å². The van der Waals surface area contributed by atoms with Crippen molar-refractivity contribution in [2.45, 2.75) is 24.7 Å². The first-order chi connectivity index (χ1) is 72.2. The van der Waals surface area contributed by atoms with Crippen molar-refractivity contribution in [2.75, 3.05) is 9.80 Å². The average Bonchev–Trinajstić information content (AvgIpc) is 1.55. The maximum atomic E-state index is 4.95. The van der Waals surface area contributed by atoms with Crippen LogP contribution in [0.4, 0.5) is 34.1 Å². The zero-order valence-corrected chi connectivity index (χ0v) is 81.0. The van der Waals surface area contributed by atoms with E-state index in [0.717, 1.165) is 121 Å². The van der Waals surface area contributed by atoms with E-state index in [1.165, 1.54) is 100 Å². The summed E-state index contributed by atoms with van der Waals surface area (Å²) in [6.45, 7) is 4.40. The molecule has 0 spiro atoms. The number of aromatic nitrogens is 10. The Hall–Kier alpha value is -18.8. The predicted molar refractivity (Wildman–Crippen MR) is 597 cm³/mol. The molecule has 20 aromatic carbocycles. The fourth-order valence-corrected chi connectivity index (χ4v) is 23.1. The van der Waals surface area contributed by atoms with Crippen molar-refractivity contribution in [1.82, 2.24) is 49.8 Å². The monoisotopic (exact) mass is 1930 g/mol. The summed E-state index contributed by atoms with van der Waals surface area (Å²) in [7, 11) is 0. The van der Waals surface area contributed by atoms with Crippen LogP contribution in [-0.2, 0) is 27.9 Å². The summed E-state index contributed by atoms with van der Waals surface area (Å²) in [6.07, 6.45) is 3.75. The Bertz CT molecular complexity index is 8870. The molecule has 12 nitrogen and oxygen atoms in total. The summed E-state index contributed by atoms with van der Waals surface area (Å²) < 4.78 is 0. The summed E-state index contributed by atoms with van der Waals surface area (Å²) in [4.78, 5) is 53.7. The quantitative estimate of drug-likeness (QED) is 0.0498. The number of hydrogen-bond donors (Lipinski definition) is 0. The van der Waals surface area contributed by atoms with Crippen molar-refractivity contribution >= 4 is 122 Å². The number of hydrogen-bond acceptors (Lipinski definition) is 10. The van der Waals surface area contributed by atoms with E-state index in [0.29, 0.717) is 45.9 Å². The second-order valence-electron chi connectivity index (χ2n) is 37.6. The first-order valence-corrected chi connectivity index (χ1v) is 49.5. The van der Waals surface area contributed by atoms with Crippen LogP contribution in [0, 0.1) is 13.8 Å². The van der Waals surface area contributed by atoms with Crippen LogP contribution in [0.25, 0.3) is 178 Å². The number of pyridine rings is 2. The van der Waals surface area contributed by atoms with Gasteiger partial charge in [0.1, 0.15) is 0 Å². The zero-order chi connectivity index (χ0) is 96.9. The number of fused-ring (bicyclic) bond motifs is 31. The van der Waals surface area contributed by atoms with Crippen molar-refractivity contribution in [3.63, 3.8) is 0 Å². The third-order valence-corrected chi connectivity index (χ3v) is 29.4. The van der Waals surface area contributed by atoms with Crippen LogP contribution in [0.3, 0.4) is 0 Å². The third-order valence-electron chi connectivity index (χ3n) is 29.4. The van der Waals surface area contributed by atoms with Gasteiger partial charge in [-0.25, -0.2) is 9.97 Å². The number of aryl methyl sites for hydroxylation is 2. The van der Waals surface area contributed by atoms with Gasteiger partial charge in [-0.2, -0.15) is 0 Å². The number of benzene rings is 20. The zero-order valence-electron chi connectivity index (χ0n) is 80.0. The van der Waals surface area contributed by atoms with Crippen molar-refractivity contribution in [3.8, 4) is 90.1 Å². The predicted octanol–water partition coefficient (Wildman–Crippen LogP) is 32.5. The largest absolute Gasteiger partial charge is 0.357 e. The van der Waals surface area contributed by atoms with Crippen LogP contribution in [0.1, 0.15) is 55.6 Å². The first-order valence-electron chi connectivity index (χ1n) is 49.5. The molecule has 147 heavy (non-hydrogen) atoms. The minimum atomic E-state index is -0.568. The van der Waals surface area contributed by atoms with Gasteiger partial charge < -0.3 is 39.7 Å². The Morgan fingerprint density at radius 2 is 0.449 bits per heavy atom. The van der Waals surface area contributed by atoms with Crippen LogP contribution < -0.4 is 19.8 Å². The maximum Gasteiger partial charge on any atom is 0.0970 e. The number of nitrogens with zero attached hydrogens (tertiary/aromatic N) is 12. The molecule has 0 unspecified atom stereocenters. The molecular weight excluding hydrogens is 1840 g/mol. The smallest absolute Gasteiger partial charge is 0.0970 e. The molecule has 0 N–H and O–H groups in total. The second kappa shape index (κ2) is 36.6. The topological polar surface area (TPSA) is 138 Å². The van der Waals surface area contributed by atoms with Crippen molar-refractivity contribution in [3.05, 3.63) is 553 Å². The van der Waals surface area contributed by atoms with Gasteiger partial charge in [0.05, 0.1) is 56.5 Å². The summed E-state index contributed by atoms with van der Waals surface area (Å²) in [5.41, 5.74) is 35.5. The van der Waals surface area contributed by atoms with E-state index in [9.17, 15) is 0 Å². The molecule has 25 aromatic rings. The fraction of sp³-hybridized carbons (Fsp3) is 0.0299. The molecule has 4 aliphatic rings. The van der Waals surface area contributed by atoms with Gasteiger partial charge in [0.15, 0.2) is 0 Å². The molecule has 0 amide bonds. The first kappa shape index (κ1) is 88.4. The Labute approximate surface area is 860 Å². The van der Waals surface area contributed by atoms with E-state index < -0.39 is 10.8 Å². The molecule has 1 radical (unpaired) electrons. The van der Waals surface area contributed by atoms with Gasteiger partial charge in [-0.05, 0) is 196 Å². The molecule has 29 rings (SSSR count). The summed E-state index contributed by atoms with van der Waals surface area (Å²) in [5.74, 6) is 2.21. The van der Waals surface area contributed by atoms with Crippen LogP contribution in [0.5, 0.6) is 0 Å². The molecule has 7 heterocycles. The average molecular weight is 1930 g/mol. The van der Waals surface area contributed by atoms with E-state index >= 15 is 0 Å². The SMILES string of the molecule is Cc1cccc(N(c2cccc(C3(c4ccccc4)c4ccccc4-c4ccccc43)c2)c2c3ccccc3c(N(c3cccc(C)c3)c3cccc(C4(c5ccccc5)c5ccccc5-c5ccccc54)c3)c3ccccc23)c1.[Cu].c1ccc(-c2ccnc3c2ccc2c(-c4ccccc4)ccnc23)cc1.c1ccc2c(c1)-c1nc-2nc2[n-]c(nc3nc(nc4[n-]c(n1)c1ccccc41)-c1ccccc1-3)c1ccccc21. The van der Waals surface area contributed by atoms with E-state index in [4.69, 9.17) is 39.9 Å². The van der Waals surface area contributed by atoms with Gasteiger partial charge in [0.25, 0.3) is 0 Å². The molecule has 13 heteroatoms. The molecule has 697 valence electrons. The summed E-state index contributed by atoms with van der Waals surface area (Å²) >= 11 is 0. The molecule has 0 saturated heterocycles. The summed E-state index contributed by atoms with van der Waals surface area (Å²) in [5, 5.41) is 10.4. The van der Waals surface area contributed by atoms with Crippen LogP contribution in [0.2, 0.25) is 0 Å². The third kappa shape index (κ3) is 14.7. The second-order valence-corrected chi connectivity index (χ2v) is 37.6. The number of anilines is 6. The van der Waals surface area contributed by atoms with Gasteiger partial charge in [-0.1, -0.05) is 425 Å². The van der Waals surface area contributed by atoms with Gasteiger partial charge in [-0.15, -0.1) is 0 Å². The molecule has 0 fully saturated rings. The molecule has 0 saturated carbocycles. The van der Waals surface area contributed by atoms with Gasteiger partial charge in [0.2, 0.25) is 0 Å². The normalized spacial score (nSPS) is 12.5. The summed E-state index contributed by atoms with van der Waals surface area (Å²) in [6, 6.07) is 175. The van der Waals surface area contributed by atoms with Crippen LogP contribution in [-0.4, -0.2) is 39.9 Å².